The van der Waals surface area contributed by atoms with E-state index in [1.807, 2.05) is 0 Å². The first-order valence-electron chi connectivity index (χ1n) is 6.27. The maximum absolute atomic E-state index is 11.8. The van der Waals surface area contributed by atoms with Crippen LogP contribution in [0.1, 0.15) is 19.3 Å². The Labute approximate surface area is 108 Å². The molecule has 102 valence electrons. The summed E-state index contributed by atoms with van der Waals surface area (Å²) in [6, 6.07) is 0. The molecule has 0 aromatic carbocycles. The first kappa shape index (κ1) is 14.7. The van der Waals surface area contributed by atoms with Gasteiger partial charge in [0.05, 0.1) is 12.6 Å². The van der Waals surface area contributed by atoms with Gasteiger partial charge < -0.3 is 14.5 Å². The maximum Gasteiger partial charge on any atom is 0.246 e. The molecule has 1 saturated heterocycles. The summed E-state index contributed by atoms with van der Waals surface area (Å²) in [5.74, 6) is -0.304. The lowest BCUT2D eigenvalue weighted by Crippen LogP contribution is -2.39. The van der Waals surface area contributed by atoms with Crippen LogP contribution in [0.5, 0.6) is 0 Å². The van der Waals surface area contributed by atoms with Gasteiger partial charge in [-0.25, -0.2) is 0 Å². The molecule has 1 aliphatic rings. The quantitative estimate of drug-likeness (QED) is 0.654. The molecule has 2 amide bonds. The molecule has 5 nitrogen and oxygen atoms in total. The highest BCUT2D eigenvalue weighted by Crippen LogP contribution is 2.15. The van der Waals surface area contributed by atoms with Gasteiger partial charge in [-0.1, -0.05) is 6.58 Å². The number of nitrogens with zero attached hydrogens (tertiary/aromatic N) is 2. The van der Waals surface area contributed by atoms with E-state index in [-0.39, 0.29) is 24.5 Å². The molecule has 1 rings (SSSR count). The highest BCUT2D eigenvalue weighted by atomic mass is 16.5. The van der Waals surface area contributed by atoms with Gasteiger partial charge in [0, 0.05) is 27.2 Å². The van der Waals surface area contributed by atoms with Crippen LogP contribution >= 0.6 is 0 Å². The number of ether oxygens (including phenoxy) is 1. The zero-order chi connectivity index (χ0) is 13.5. The van der Waals surface area contributed by atoms with E-state index >= 15 is 0 Å². The molecule has 0 aromatic heterocycles. The molecular weight excluding hydrogens is 232 g/mol. The monoisotopic (exact) mass is 254 g/mol. The van der Waals surface area contributed by atoms with Crippen molar-refractivity contribution in [1.29, 1.82) is 0 Å². The van der Waals surface area contributed by atoms with Gasteiger partial charge in [0.2, 0.25) is 11.8 Å². The molecule has 0 aliphatic carbocycles. The van der Waals surface area contributed by atoms with Gasteiger partial charge in [-0.2, -0.15) is 0 Å². The Hall–Kier alpha value is -1.36. The van der Waals surface area contributed by atoms with E-state index in [1.165, 1.54) is 11.0 Å². The zero-order valence-corrected chi connectivity index (χ0v) is 11.2. The third kappa shape index (κ3) is 4.49. The molecule has 5 heteroatoms. The summed E-state index contributed by atoms with van der Waals surface area (Å²) in [6.45, 7) is 4.98. The molecule has 0 aromatic rings. The van der Waals surface area contributed by atoms with Crippen molar-refractivity contribution in [3.63, 3.8) is 0 Å². The summed E-state index contributed by atoms with van der Waals surface area (Å²) in [6.07, 6.45) is 4.55. The fourth-order valence-corrected chi connectivity index (χ4v) is 1.89. The first-order valence-corrected chi connectivity index (χ1v) is 6.27. The molecule has 1 heterocycles. The number of carbonyl (C=O) groups is 2. The molecule has 0 bridgehead atoms. The summed E-state index contributed by atoms with van der Waals surface area (Å²) in [7, 11) is 3.35. The standard InChI is InChI=1S/C13H22N2O3/c1-4-12(16)15(3)10-13(17)14(2)8-7-11-6-5-9-18-11/h4,11H,1,5-10H2,2-3H3. The zero-order valence-electron chi connectivity index (χ0n) is 11.2. The molecule has 1 atom stereocenters. The predicted molar refractivity (Wildman–Crippen MR) is 69.1 cm³/mol. The Morgan fingerprint density at radius 2 is 2.11 bits per heavy atom. The predicted octanol–water partition coefficient (Wildman–Crippen LogP) is 0.658. The number of likely N-dealkylation sites (N-methyl/N-ethyl adjacent to an activating group) is 2. The second-order valence-corrected chi connectivity index (χ2v) is 4.64. The highest BCUT2D eigenvalue weighted by molar-refractivity contribution is 5.90. The van der Waals surface area contributed by atoms with Gasteiger partial charge in [0.15, 0.2) is 0 Å². The first-order chi connectivity index (χ1) is 8.54. The molecule has 0 N–H and O–H groups in total. The lowest BCUT2D eigenvalue weighted by molar-refractivity contribution is -0.136. The Bertz CT molecular complexity index is 311. The third-order valence-corrected chi connectivity index (χ3v) is 3.16. The van der Waals surface area contributed by atoms with Crippen LogP contribution in [0.2, 0.25) is 0 Å². The van der Waals surface area contributed by atoms with Crippen molar-refractivity contribution in [2.45, 2.75) is 25.4 Å². The molecular formula is C13H22N2O3. The van der Waals surface area contributed by atoms with Crippen molar-refractivity contribution < 1.29 is 14.3 Å². The fourth-order valence-electron chi connectivity index (χ4n) is 1.89. The number of rotatable bonds is 6. The van der Waals surface area contributed by atoms with Crippen LogP contribution in [0.4, 0.5) is 0 Å². The molecule has 0 spiro atoms. The Morgan fingerprint density at radius 3 is 2.67 bits per heavy atom. The lowest BCUT2D eigenvalue weighted by Gasteiger charge is -2.22. The van der Waals surface area contributed by atoms with Gasteiger partial charge >= 0.3 is 0 Å². The Morgan fingerprint density at radius 1 is 1.39 bits per heavy atom. The average Bonchev–Trinajstić information content (AvgIpc) is 2.87. The van der Waals surface area contributed by atoms with E-state index < -0.39 is 0 Å². The summed E-state index contributed by atoms with van der Waals surface area (Å²) >= 11 is 0. The van der Waals surface area contributed by atoms with Crippen molar-refractivity contribution in [1.82, 2.24) is 9.80 Å². The van der Waals surface area contributed by atoms with Gasteiger partial charge in [-0.15, -0.1) is 0 Å². The van der Waals surface area contributed by atoms with E-state index in [1.54, 1.807) is 19.0 Å². The van der Waals surface area contributed by atoms with Crippen molar-refractivity contribution in [2.75, 3.05) is 33.8 Å². The summed E-state index contributed by atoms with van der Waals surface area (Å²) in [5, 5.41) is 0. The Kier molecular flexibility index (Phi) is 5.85. The molecule has 0 radical (unpaired) electrons. The smallest absolute Gasteiger partial charge is 0.246 e. The van der Waals surface area contributed by atoms with Gasteiger partial charge in [0.1, 0.15) is 0 Å². The SMILES string of the molecule is C=CC(=O)N(C)CC(=O)N(C)CCC1CCCO1. The van der Waals surface area contributed by atoms with Crippen LogP contribution in [0, 0.1) is 0 Å². The van der Waals surface area contributed by atoms with Crippen molar-refractivity contribution in [3.05, 3.63) is 12.7 Å². The van der Waals surface area contributed by atoms with E-state index in [0.29, 0.717) is 6.54 Å². The van der Waals surface area contributed by atoms with Gasteiger partial charge in [-0.05, 0) is 25.3 Å². The summed E-state index contributed by atoms with van der Waals surface area (Å²) in [4.78, 5) is 26.1. The van der Waals surface area contributed by atoms with Crippen molar-refractivity contribution >= 4 is 11.8 Å². The van der Waals surface area contributed by atoms with Crippen LogP contribution < -0.4 is 0 Å². The van der Waals surface area contributed by atoms with Crippen LogP contribution in [-0.2, 0) is 14.3 Å². The van der Waals surface area contributed by atoms with E-state index in [0.717, 1.165) is 25.9 Å². The minimum absolute atomic E-state index is 0.0642. The van der Waals surface area contributed by atoms with E-state index in [4.69, 9.17) is 4.74 Å². The minimum atomic E-state index is -0.240. The molecule has 0 saturated carbocycles. The minimum Gasteiger partial charge on any atom is -0.378 e. The van der Waals surface area contributed by atoms with Crippen LogP contribution in [0.25, 0.3) is 0 Å². The highest BCUT2D eigenvalue weighted by Gasteiger charge is 2.18. The topological polar surface area (TPSA) is 49.9 Å². The van der Waals surface area contributed by atoms with Crippen LogP contribution in [0.15, 0.2) is 12.7 Å². The molecule has 18 heavy (non-hydrogen) atoms. The fraction of sp³-hybridized carbons (Fsp3) is 0.692. The van der Waals surface area contributed by atoms with E-state index in [9.17, 15) is 9.59 Å². The number of hydrogen-bond donors (Lipinski definition) is 0. The number of carbonyl (C=O) groups excluding carboxylic acids is 2. The summed E-state index contributed by atoms with van der Waals surface area (Å²) in [5.41, 5.74) is 0. The Balaban J connectivity index is 2.27. The third-order valence-electron chi connectivity index (χ3n) is 3.16. The van der Waals surface area contributed by atoms with Crippen LogP contribution in [-0.4, -0.2) is 61.5 Å². The lowest BCUT2D eigenvalue weighted by atomic mass is 10.2. The van der Waals surface area contributed by atoms with E-state index in [2.05, 4.69) is 6.58 Å². The second kappa shape index (κ2) is 7.16. The summed E-state index contributed by atoms with van der Waals surface area (Å²) < 4.78 is 5.50. The van der Waals surface area contributed by atoms with Crippen LogP contribution in [0.3, 0.4) is 0 Å². The van der Waals surface area contributed by atoms with Crippen molar-refractivity contribution in [3.8, 4) is 0 Å². The maximum atomic E-state index is 11.8. The van der Waals surface area contributed by atoms with Crippen molar-refractivity contribution in [2.24, 2.45) is 0 Å². The van der Waals surface area contributed by atoms with Gasteiger partial charge in [0.25, 0.3) is 0 Å². The normalized spacial score (nSPS) is 18.4. The molecule has 1 unspecified atom stereocenters. The average molecular weight is 254 g/mol. The molecule has 1 fully saturated rings. The number of amides is 2. The molecule has 1 aliphatic heterocycles. The van der Waals surface area contributed by atoms with Gasteiger partial charge in [-0.3, -0.25) is 9.59 Å². The second-order valence-electron chi connectivity index (χ2n) is 4.64. The number of hydrogen-bond acceptors (Lipinski definition) is 3. The largest absolute Gasteiger partial charge is 0.378 e.